The van der Waals surface area contributed by atoms with Crippen molar-refractivity contribution in [2.24, 2.45) is 5.73 Å². The van der Waals surface area contributed by atoms with Crippen molar-refractivity contribution < 1.29 is 0 Å². The molecule has 2 heterocycles. The Hall–Kier alpha value is -1.16. The van der Waals surface area contributed by atoms with Gasteiger partial charge in [0.2, 0.25) is 5.95 Å². The van der Waals surface area contributed by atoms with Crippen LogP contribution >= 0.6 is 0 Å². The van der Waals surface area contributed by atoms with Gasteiger partial charge in [-0.2, -0.15) is 0 Å². The van der Waals surface area contributed by atoms with E-state index >= 15 is 0 Å². The SMILES string of the molecule is CC1CCCN1c1ncc(CN)cn1. The molecule has 0 aromatic carbocycles. The molecule has 0 spiro atoms. The third-order valence-electron chi connectivity index (χ3n) is 2.74. The molecule has 4 nitrogen and oxygen atoms in total. The number of anilines is 1. The number of nitrogens with two attached hydrogens (primary N) is 1. The molecule has 0 radical (unpaired) electrons. The van der Waals surface area contributed by atoms with Crippen LogP contribution in [0.5, 0.6) is 0 Å². The molecule has 1 aliphatic heterocycles. The third kappa shape index (κ3) is 1.70. The van der Waals surface area contributed by atoms with Crippen molar-refractivity contribution in [1.29, 1.82) is 0 Å². The van der Waals surface area contributed by atoms with E-state index in [9.17, 15) is 0 Å². The minimum absolute atomic E-state index is 0.510. The van der Waals surface area contributed by atoms with E-state index in [4.69, 9.17) is 5.73 Å². The topological polar surface area (TPSA) is 55.0 Å². The maximum absolute atomic E-state index is 5.49. The van der Waals surface area contributed by atoms with Gasteiger partial charge in [0.05, 0.1) is 0 Å². The molecule has 1 unspecified atom stereocenters. The van der Waals surface area contributed by atoms with E-state index in [1.54, 1.807) is 0 Å². The van der Waals surface area contributed by atoms with Crippen LogP contribution in [0.25, 0.3) is 0 Å². The first kappa shape index (κ1) is 9.40. The first-order valence-electron chi connectivity index (χ1n) is 5.09. The smallest absolute Gasteiger partial charge is 0.225 e. The first-order chi connectivity index (χ1) is 6.81. The highest BCUT2D eigenvalue weighted by Gasteiger charge is 2.22. The lowest BCUT2D eigenvalue weighted by Gasteiger charge is -2.20. The van der Waals surface area contributed by atoms with Gasteiger partial charge < -0.3 is 10.6 Å². The lowest BCUT2D eigenvalue weighted by Crippen LogP contribution is -2.28. The monoisotopic (exact) mass is 192 g/mol. The van der Waals surface area contributed by atoms with Crippen LogP contribution in [0.4, 0.5) is 5.95 Å². The largest absolute Gasteiger partial charge is 0.338 e. The van der Waals surface area contributed by atoms with Gasteiger partial charge in [0.25, 0.3) is 0 Å². The highest BCUT2D eigenvalue weighted by atomic mass is 15.3. The summed E-state index contributed by atoms with van der Waals surface area (Å²) in [6, 6.07) is 0.568. The Balaban J connectivity index is 2.16. The van der Waals surface area contributed by atoms with Gasteiger partial charge >= 0.3 is 0 Å². The molecule has 2 N–H and O–H groups in total. The van der Waals surface area contributed by atoms with Crippen molar-refractivity contribution in [3.63, 3.8) is 0 Å². The zero-order chi connectivity index (χ0) is 9.97. The summed E-state index contributed by atoms with van der Waals surface area (Å²) in [5.74, 6) is 0.840. The summed E-state index contributed by atoms with van der Waals surface area (Å²) in [6.45, 7) is 3.80. The van der Waals surface area contributed by atoms with E-state index in [2.05, 4.69) is 21.8 Å². The van der Waals surface area contributed by atoms with E-state index < -0.39 is 0 Å². The maximum Gasteiger partial charge on any atom is 0.225 e. The number of nitrogens with zero attached hydrogens (tertiary/aromatic N) is 3. The highest BCUT2D eigenvalue weighted by molar-refractivity contribution is 5.32. The Morgan fingerprint density at radius 2 is 2.21 bits per heavy atom. The van der Waals surface area contributed by atoms with Crippen LogP contribution in [0, 0.1) is 0 Å². The van der Waals surface area contributed by atoms with Gasteiger partial charge in [-0.3, -0.25) is 0 Å². The number of hydrogen-bond acceptors (Lipinski definition) is 4. The first-order valence-corrected chi connectivity index (χ1v) is 5.09. The second-order valence-electron chi connectivity index (χ2n) is 3.78. The molecule has 1 aromatic rings. The van der Waals surface area contributed by atoms with Crippen molar-refractivity contribution in [2.45, 2.75) is 32.4 Å². The molecule has 76 valence electrons. The number of aromatic nitrogens is 2. The molecule has 1 fully saturated rings. The van der Waals surface area contributed by atoms with Crippen LogP contribution in [-0.2, 0) is 6.54 Å². The minimum atomic E-state index is 0.510. The Kier molecular flexibility index (Phi) is 2.63. The van der Waals surface area contributed by atoms with Gasteiger partial charge in [-0.25, -0.2) is 9.97 Å². The van der Waals surface area contributed by atoms with Crippen molar-refractivity contribution in [3.8, 4) is 0 Å². The summed E-state index contributed by atoms with van der Waals surface area (Å²) in [5.41, 5.74) is 6.47. The maximum atomic E-state index is 5.49. The fourth-order valence-electron chi connectivity index (χ4n) is 1.83. The van der Waals surface area contributed by atoms with Gasteiger partial charge in [0.1, 0.15) is 0 Å². The molecular weight excluding hydrogens is 176 g/mol. The summed E-state index contributed by atoms with van der Waals surface area (Å²) >= 11 is 0. The second kappa shape index (κ2) is 3.92. The van der Waals surface area contributed by atoms with Gasteiger partial charge in [-0.1, -0.05) is 0 Å². The van der Waals surface area contributed by atoms with Crippen LogP contribution < -0.4 is 10.6 Å². The lowest BCUT2D eigenvalue weighted by molar-refractivity contribution is 0.715. The van der Waals surface area contributed by atoms with Gasteiger partial charge in [0.15, 0.2) is 0 Å². The zero-order valence-corrected chi connectivity index (χ0v) is 8.48. The number of hydrogen-bond donors (Lipinski definition) is 1. The van der Waals surface area contributed by atoms with Gasteiger partial charge in [-0.15, -0.1) is 0 Å². The molecule has 4 heteroatoms. The van der Waals surface area contributed by atoms with Crippen LogP contribution in [0.3, 0.4) is 0 Å². The quantitative estimate of drug-likeness (QED) is 0.757. The average Bonchev–Trinajstić information content (AvgIpc) is 2.65. The summed E-state index contributed by atoms with van der Waals surface area (Å²) in [5, 5.41) is 0. The van der Waals surface area contributed by atoms with E-state index in [-0.39, 0.29) is 0 Å². The van der Waals surface area contributed by atoms with Crippen molar-refractivity contribution in [1.82, 2.24) is 9.97 Å². The zero-order valence-electron chi connectivity index (χ0n) is 8.48. The summed E-state index contributed by atoms with van der Waals surface area (Å²) < 4.78 is 0. The third-order valence-corrected chi connectivity index (χ3v) is 2.74. The molecule has 1 atom stereocenters. The molecule has 1 saturated heterocycles. The Labute approximate surface area is 84.2 Å². The summed E-state index contributed by atoms with van der Waals surface area (Å²) in [6.07, 6.45) is 6.10. The second-order valence-corrected chi connectivity index (χ2v) is 3.78. The van der Waals surface area contributed by atoms with E-state index in [1.165, 1.54) is 12.8 Å². The Bertz CT molecular complexity index is 295. The molecule has 0 amide bonds. The van der Waals surface area contributed by atoms with Gasteiger partial charge in [0, 0.05) is 37.1 Å². The van der Waals surface area contributed by atoms with Crippen LogP contribution in [-0.4, -0.2) is 22.6 Å². The molecule has 1 aliphatic rings. The van der Waals surface area contributed by atoms with Crippen LogP contribution in [0.15, 0.2) is 12.4 Å². The van der Waals surface area contributed by atoms with E-state index in [1.807, 2.05) is 12.4 Å². The van der Waals surface area contributed by atoms with Crippen LogP contribution in [0.2, 0.25) is 0 Å². The van der Waals surface area contributed by atoms with Crippen molar-refractivity contribution in [2.75, 3.05) is 11.4 Å². The number of rotatable bonds is 2. The summed E-state index contributed by atoms with van der Waals surface area (Å²) in [4.78, 5) is 10.9. The standard InChI is InChI=1S/C10H16N4/c1-8-3-2-4-14(8)10-12-6-9(5-11)7-13-10/h6-8H,2-5,11H2,1H3. The summed E-state index contributed by atoms with van der Waals surface area (Å²) in [7, 11) is 0. The predicted octanol–water partition coefficient (Wildman–Crippen LogP) is 0.924. The lowest BCUT2D eigenvalue weighted by atomic mass is 10.2. The molecule has 2 rings (SSSR count). The molecule has 0 saturated carbocycles. The van der Waals surface area contributed by atoms with Crippen LogP contribution in [0.1, 0.15) is 25.3 Å². The molecule has 0 bridgehead atoms. The molecular formula is C10H16N4. The fraction of sp³-hybridized carbons (Fsp3) is 0.600. The molecule has 0 aliphatic carbocycles. The molecule has 14 heavy (non-hydrogen) atoms. The fourth-order valence-corrected chi connectivity index (χ4v) is 1.83. The predicted molar refractivity (Wildman–Crippen MR) is 56.0 cm³/mol. The Morgan fingerprint density at radius 3 is 2.71 bits per heavy atom. The van der Waals surface area contributed by atoms with E-state index in [0.717, 1.165) is 18.1 Å². The average molecular weight is 192 g/mol. The Morgan fingerprint density at radius 1 is 1.50 bits per heavy atom. The normalized spacial score (nSPS) is 21.6. The highest BCUT2D eigenvalue weighted by Crippen LogP contribution is 2.21. The molecule has 1 aromatic heterocycles. The van der Waals surface area contributed by atoms with E-state index in [0.29, 0.717) is 12.6 Å². The van der Waals surface area contributed by atoms with Gasteiger partial charge in [-0.05, 0) is 19.8 Å². The minimum Gasteiger partial charge on any atom is -0.338 e. The van der Waals surface area contributed by atoms with Crippen molar-refractivity contribution >= 4 is 5.95 Å². The van der Waals surface area contributed by atoms with Crippen molar-refractivity contribution in [3.05, 3.63) is 18.0 Å².